The smallest absolute Gasteiger partial charge is 0.352 e. The summed E-state index contributed by atoms with van der Waals surface area (Å²) in [6.07, 6.45) is -2.87. The van der Waals surface area contributed by atoms with Gasteiger partial charge in [0.15, 0.2) is 11.6 Å². The Morgan fingerprint density at radius 2 is 2.06 bits per heavy atom. The number of nitrogen functional groups attached to an aromatic ring is 1. The average Bonchev–Trinajstić information content (AvgIpc) is 3.12. The van der Waals surface area contributed by atoms with Crippen molar-refractivity contribution in [2.45, 2.75) is 24.7 Å². The van der Waals surface area contributed by atoms with Gasteiger partial charge in [-0.1, -0.05) is 36.4 Å². The second-order valence-corrected chi connectivity index (χ2v) is 8.66. The Morgan fingerprint density at radius 1 is 1.29 bits per heavy atom. The van der Waals surface area contributed by atoms with Gasteiger partial charge < -0.3 is 24.3 Å². The maximum atomic E-state index is 14.6. The fourth-order valence-electron chi connectivity index (χ4n) is 3.46. The molecule has 0 spiro atoms. The van der Waals surface area contributed by atoms with Crippen molar-refractivity contribution >= 4 is 31.4 Å². The molecule has 0 bridgehead atoms. The molecule has 2 aromatic carbocycles. The monoisotopic (exact) mass is 496 g/mol. The zero-order chi connectivity index (χ0) is 24.3. The number of nitrogens with two attached hydrogens (primary N) is 1. The molecule has 180 valence electrons. The minimum absolute atomic E-state index is 0.0907. The van der Waals surface area contributed by atoms with Crippen molar-refractivity contribution in [3.63, 3.8) is 0 Å². The Bertz CT molecular complexity index is 1240. The Labute approximate surface area is 192 Å². The molecule has 34 heavy (non-hydrogen) atoms. The van der Waals surface area contributed by atoms with E-state index in [-0.39, 0.29) is 13.2 Å². The lowest BCUT2D eigenvalue weighted by Crippen LogP contribution is -2.35. The average molecular weight is 496 g/mol. The fraction of sp³-hybridized carbons (Fsp3) is 0.286. The van der Waals surface area contributed by atoms with Crippen LogP contribution in [0, 0.1) is 5.82 Å². The Kier molecular flexibility index (Phi) is 7.13. The molecule has 0 aliphatic carbocycles. The number of nitrogens with one attached hydrogen (secondary N) is 1. The summed E-state index contributed by atoms with van der Waals surface area (Å²) < 4.78 is 60.1. The van der Waals surface area contributed by atoms with E-state index in [1.165, 1.54) is 0 Å². The van der Waals surface area contributed by atoms with E-state index in [0.717, 1.165) is 10.8 Å². The number of hydrogen-bond acceptors (Lipinski definition) is 8. The van der Waals surface area contributed by atoms with Gasteiger partial charge in [0.05, 0.1) is 25.5 Å². The molecule has 1 aromatic heterocycles. The SMILES string of the molecule is Nc1nc(=O)n(C2OC(COP(NCC=O)Oc3cccc4ccccc34)CC2(F)F)cc1F. The molecule has 0 amide bonds. The van der Waals surface area contributed by atoms with Crippen LogP contribution in [-0.2, 0) is 14.1 Å². The molecular formula is C21H20F3N4O5P. The summed E-state index contributed by atoms with van der Waals surface area (Å²) in [5, 5.41) is 4.49. The molecule has 1 fully saturated rings. The molecule has 1 aliphatic heterocycles. The van der Waals surface area contributed by atoms with Gasteiger partial charge in [-0.05, 0) is 11.5 Å². The number of carbonyl (C=O) groups excluding carboxylic acids is 1. The lowest BCUT2D eigenvalue weighted by atomic mass is 10.1. The first-order chi connectivity index (χ1) is 16.3. The molecule has 9 nitrogen and oxygen atoms in total. The topological polar surface area (TPSA) is 118 Å². The summed E-state index contributed by atoms with van der Waals surface area (Å²) in [7, 11) is -1.91. The molecule has 0 radical (unpaired) electrons. The highest BCUT2D eigenvalue weighted by molar-refractivity contribution is 7.45. The van der Waals surface area contributed by atoms with Crippen LogP contribution in [0.25, 0.3) is 10.8 Å². The van der Waals surface area contributed by atoms with Crippen LogP contribution in [0.2, 0.25) is 0 Å². The van der Waals surface area contributed by atoms with E-state index in [1.807, 2.05) is 30.3 Å². The predicted octanol–water partition coefficient (Wildman–Crippen LogP) is 3.15. The quantitative estimate of drug-likeness (QED) is 0.343. The number of halogens is 3. The summed E-state index contributed by atoms with van der Waals surface area (Å²) in [4.78, 5) is 26.0. The minimum Gasteiger partial charge on any atom is -0.435 e. The van der Waals surface area contributed by atoms with Crippen LogP contribution < -0.4 is 21.0 Å². The van der Waals surface area contributed by atoms with Crippen molar-refractivity contribution in [2.75, 3.05) is 18.9 Å². The Hall–Kier alpha value is -3.05. The number of aldehydes is 1. The standard InChI is InChI=1S/C21H20F3N4O5P/c22-16-11-28(20(30)27-18(16)25)19-21(23,24)10-14(32-19)12-31-34(26-8-9-29)33-17-7-3-5-13-4-1-2-6-15(13)17/h1-7,9,11,14,19,26H,8,10,12H2,(H2,25,27,30). The normalized spacial score (nSPS) is 20.3. The molecule has 1 aliphatic rings. The Morgan fingerprint density at radius 3 is 2.85 bits per heavy atom. The third-order valence-corrected chi connectivity index (χ3v) is 6.17. The van der Waals surface area contributed by atoms with Gasteiger partial charge in [0.1, 0.15) is 12.0 Å². The van der Waals surface area contributed by atoms with Crippen LogP contribution in [0.1, 0.15) is 12.6 Å². The molecule has 1 saturated heterocycles. The number of alkyl halides is 2. The highest BCUT2D eigenvalue weighted by Crippen LogP contribution is 2.44. The zero-order valence-electron chi connectivity index (χ0n) is 17.6. The Balaban J connectivity index is 1.47. The first-order valence-electron chi connectivity index (χ1n) is 10.1. The first-order valence-corrected chi connectivity index (χ1v) is 11.3. The van der Waals surface area contributed by atoms with Crippen LogP contribution in [0.15, 0.2) is 53.5 Å². The number of hydrogen-bond donors (Lipinski definition) is 2. The molecule has 0 saturated carbocycles. The van der Waals surface area contributed by atoms with Gasteiger partial charge in [0.25, 0.3) is 5.92 Å². The number of carbonyl (C=O) groups is 1. The summed E-state index contributed by atoms with van der Waals surface area (Å²) in [5.41, 5.74) is 4.04. The van der Waals surface area contributed by atoms with Gasteiger partial charge in [-0.15, -0.1) is 0 Å². The maximum Gasteiger partial charge on any atom is 0.352 e. The first kappa shape index (κ1) is 24.1. The van der Waals surface area contributed by atoms with Gasteiger partial charge in [0, 0.05) is 11.8 Å². The van der Waals surface area contributed by atoms with Gasteiger partial charge in [-0.2, -0.15) is 4.98 Å². The van der Waals surface area contributed by atoms with E-state index in [0.29, 0.717) is 22.8 Å². The van der Waals surface area contributed by atoms with Crippen LogP contribution in [0.5, 0.6) is 5.75 Å². The van der Waals surface area contributed by atoms with E-state index in [2.05, 4.69) is 10.1 Å². The zero-order valence-corrected chi connectivity index (χ0v) is 18.5. The second kappa shape index (κ2) is 10.1. The number of rotatable bonds is 9. The van der Waals surface area contributed by atoms with Gasteiger partial charge in [-0.25, -0.2) is 23.1 Å². The number of benzene rings is 2. The second-order valence-electron chi connectivity index (χ2n) is 7.39. The summed E-state index contributed by atoms with van der Waals surface area (Å²) in [6, 6.07) is 12.9. The van der Waals surface area contributed by atoms with Crippen molar-refractivity contribution in [1.29, 1.82) is 0 Å². The van der Waals surface area contributed by atoms with Crippen LogP contribution in [0.4, 0.5) is 19.0 Å². The third-order valence-electron chi connectivity index (χ3n) is 4.98. The molecule has 4 rings (SSSR count). The van der Waals surface area contributed by atoms with E-state index in [9.17, 15) is 22.8 Å². The third kappa shape index (κ3) is 5.20. The van der Waals surface area contributed by atoms with E-state index < -0.39 is 50.5 Å². The van der Waals surface area contributed by atoms with E-state index in [4.69, 9.17) is 19.5 Å². The van der Waals surface area contributed by atoms with Crippen LogP contribution in [0.3, 0.4) is 0 Å². The molecule has 3 atom stereocenters. The predicted molar refractivity (Wildman–Crippen MR) is 118 cm³/mol. The molecular weight excluding hydrogens is 476 g/mol. The van der Waals surface area contributed by atoms with E-state index in [1.54, 1.807) is 12.1 Å². The van der Waals surface area contributed by atoms with Gasteiger partial charge in [-0.3, -0.25) is 4.57 Å². The van der Waals surface area contributed by atoms with Crippen molar-refractivity contribution in [3.8, 4) is 5.75 Å². The summed E-state index contributed by atoms with van der Waals surface area (Å²) >= 11 is 0. The van der Waals surface area contributed by atoms with Crippen molar-refractivity contribution in [3.05, 3.63) is 65.0 Å². The summed E-state index contributed by atoms with van der Waals surface area (Å²) in [6.45, 7) is -0.430. The van der Waals surface area contributed by atoms with Crippen molar-refractivity contribution < 1.29 is 31.8 Å². The largest absolute Gasteiger partial charge is 0.435 e. The van der Waals surface area contributed by atoms with Crippen LogP contribution in [-0.4, -0.2) is 41.0 Å². The molecule has 3 aromatic rings. The highest BCUT2D eigenvalue weighted by atomic mass is 31.2. The van der Waals surface area contributed by atoms with Gasteiger partial charge >= 0.3 is 14.2 Å². The number of fused-ring (bicyclic) bond motifs is 1. The number of ether oxygens (including phenoxy) is 1. The molecule has 3 unspecified atom stereocenters. The maximum absolute atomic E-state index is 14.6. The lowest BCUT2D eigenvalue weighted by molar-refractivity contribution is -0.119. The number of nitrogens with zero attached hydrogens (tertiary/aromatic N) is 2. The summed E-state index contributed by atoms with van der Waals surface area (Å²) in [5.74, 6) is -4.84. The van der Waals surface area contributed by atoms with Gasteiger partial charge in [0.2, 0.25) is 6.23 Å². The fourth-order valence-corrected chi connectivity index (χ4v) is 4.53. The molecule has 2 heterocycles. The molecule has 13 heteroatoms. The van der Waals surface area contributed by atoms with E-state index >= 15 is 0 Å². The highest BCUT2D eigenvalue weighted by Gasteiger charge is 2.52. The lowest BCUT2D eigenvalue weighted by Gasteiger charge is -2.21. The minimum atomic E-state index is -3.50. The number of anilines is 1. The number of aromatic nitrogens is 2. The van der Waals surface area contributed by atoms with Crippen molar-refractivity contribution in [2.24, 2.45) is 0 Å². The molecule has 3 N–H and O–H groups in total. The van der Waals surface area contributed by atoms with Crippen LogP contribution >= 0.6 is 8.53 Å². The van der Waals surface area contributed by atoms with Crippen molar-refractivity contribution in [1.82, 2.24) is 14.6 Å².